The molecule has 0 radical (unpaired) electrons. The largest absolute Gasteiger partial charge is 0.459 e. The van der Waals surface area contributed by atoms with Crippen molar-refractivity contribution in [2.75, 3.05) is 44.2 Å². The minimum Gasteiger partial charge on any atom is -0.459 e. The molecule has 0 N–H and O–H groups in total. The highest BCUT2D eigenvalue weighted by Gasteiger charge is 2.33. The highest BCUT2D eigenvalue weighted by atomic mass is 32.1. The van der Waals surface area contributed by atoms with E-state index < -0.39 is 0 Å². The van der Waals surface area contributed by atoms with Crippen LogP contribution in [-0.2, 0) is 4.79 Å². The molecule has 2 aliphatic heterocycles. The molecule has 0 spiro atoms. The molecule has 1 unspecified atom stereocenters. The molecule has 3 aromatic rings. The van der Waals surface area contributed by atoms with Crippen LogP contribution in [0.5, 0.6) is 0 Å². The summed E-state index contributed by atoms with van der Waals surface area (Å²) in [5, 5.41) is 1.00. The Labute approximate surface area is 178 Å². The Bertz CT molecular complexity index is 1010. The first kappa shape index (κ1) is 19.1. The molecule has 1 atom stereocenters. The van der Waals surface area contributed by atoms with Gasteiger partial charge in [-0.15, -0.1) is 0 Å². The van der Waals surface area contributed by atoms with Crippen molar-refractivity contribution in [1.29, 1.82) is 0 Å². The van der Waals surface area contributed by atoms with Crippen LogP contribution in [0.25, 0.3) is 10.2 Å². The van der Waals surface area contributed by atoms with Crippen molar-refractivity contribution in [1.82, 2.24) is 14.8 Å². The topological polar surface area (TPSA) is 69.9 Å². The second-order valence-electron chi connectivity index (χ2n) is 7.84. The standard InChI is InChI=1S/C22H24N4O3S/c27-20(24-10-12-25(13-11-24)21(28)18-7-4-14-29-18)16-5-3-9-26(15-16)22-23-17-6-1-2-8-19(17)30-22/h1-2,4,6-8,14,16H,3,5,9-13,15H2. The minimum absolute atomic E-state index is 0.0157. The van der Waals surface area contributed by atoms with Gasteiger partial charge in [0.2, 0.25) is 5.91 Å². The third kappa shape index (κ3) is 3.67. The maximum Gasteiger partial charge on any atom is 0.289 e. The number of anilines is 1. The van der Waals surface area contributed by atoms with E-state index in [0.717, 1.165) is 30.0 Å². The molecule has 30 heavy (non-hydrogen) atoms. The predicted molar refractivity (Wildman–Crippen MR) is 116 cm³/mol. The van der Waals surface area contributed by atoms with Crippen molar-refractivity contribution in [3.63, 3.8) is 0 Å². The average molecular weight is 425 g/mol. The molecule has 2 saturated heterocycles. The lowest BCUT2D eigenvalue weighted by Crippen LogP contribution is -2.53. The number of benzene rings is 1. The fourth-order valence-corrected chi connectivity index (χ4v) is 5.29. The van der Waals surface area contributed by atoms with Crippen LogP contribution in [-0.4, -0.2) is 65.9 Å². The van der Waals surface area contributed by atoms with E-state index in [2.05, 4.69) is 11.0 Å². The smallest absolute Gasteiger partial charge is 0.289 e. The Morgan fingerprint density at radius 2 is 1.80 bits per heavy atom. The zero-order chi connectivity index (χ0) is 20.5. The summed E-state index contributed by atoms with van der Waals surface area (Å²) in [6.07, 6.45) is 3.41. The van der Waals surface area contributed by atoms with Crippen molar-refractivity contribution < 1.29 is 14.0 Å². The monoisotopic (exact) mass is 424 g/mol. The van der Waals surface area contributed by atoms with Crippen LogP contribution in [0.4, 0.5) is 5.13 Å². The van der Waals surface area contributed by atoms with Gasteiger partial charge < -0.3 is 19.1 Å². The summed E-state index contributed by atoms with van der Waals surface area (Å²) < 4.78 is 6.39. The second kappa shape index (κ2) is 8.10. The Morgan fingerprint density at radius 1 is 1.00 bits per heavy atom. The number of para-hydroxylation sites is 1. The number of carbonyl (C=O) groups is 2. The molecule has 1 aromatic carbocycles. The van der Waals surface area contributed by atoms with Gasteiger partial charge in [0, 0.05) is 39.3 Å². The number of piperidine rings is 1. The van der Waals surface area contributed by atoms with Gasteiger partial charge in [-0.3, -0.25) is 9.59 Å². The molecule has 2 aliphatic rings. The number of piperazine rings is 1. The molecule has 2 fully saturated rings. The molecular formula is C22H24N4O3S. The van der Waals surface area contributed by atoms with Gasteiger partial charge in [-0.2, -0.15) is 0 Å². The average Bonchev–Trinajstić information content (AvgIpc) is 3.48. The third-order valence-electron chi connectivity index (χ3n) is 5.93. The summed E-state index contributed by atoms with van der Waals surface area (Å²) in [5.74, 6) is 0.435. The number of hydrogen-bond donors (Lipinski definition) is 0. The highest BCUT2D eigenvalue weighted by molar-refractivity contribution is 7.22. The SMILES string of the molecule is O=C(c1ccco1)N1CCN(C(=O)C2CCCN(c3nc4ccccc4s3)C2)CC1. The summed E-state index contributed by atoms with van der Waals surface area (Å²) in [4.78, 5) is 36.3. The Hall–Kier alpha value is -2.87. The van der Waals surface area contributed by atoms with Gasteiger partial charge in [-0.05, 0) is 37.1 Å². The Balaban J connectivity index is 1.20. The zero-order valence-corrected chi connectivity index (χ0v) is 17.5. The fourth-order valence-electron chi connectivity index (χ4n) is 4.29. The van der Waals surface area contributed by atoms with Gasteiger partial charge in [-0.1, -0.05) is 23.5 Å². The number of rotatable bonds is 3. The molecule has 2 amide bonds. The lowest BCUT2D eigenvalue weighted by Gasteiger charge is -2.38. The molecule has 156 valence electrons. The van der Waals surface area contributed by atoms with E-state index >= 15 is 0 Å². The number of aromatic nitrogens is 1. The van der Waals surface area contributed by atoms with Gasteiger partial charge in [0.05, 0.1) is 22.4 Å². The minimum atomic E-state index is -0.105. The van der Waals surface area contributed by atoms with Crippen molar-refractivity contribution >= 4 is 38.5 Å². The zero-order valence-electron chi connectivity index (χ0n) is 16.7. The van der Waals surface area contributed by atoms with Crippen LogP contribution in [0.3, 0.4) is 0 Å². The highest BCUT2D eigenvalue weighted by Crippen LogP contribution is 2.32. The van der Waals surface area contributed by atoms with E-state index in [0.29, 0.717) is 38.5 Å². The van der Waals surface area contributed by atoms with Crippen LogP contribution in [0.15, 0.2) is 47.1 Å². The van der Waals surface area contributed by atoms with Gasteiger partial charge in [0.1, 0.15) is 0 Å². The van der Waals surface area contributed by atoms with Crippen LogP contribution < -0.4 is 4.90 Å². The number of furan rings is 1. The van der Waals surface area contributed by atoms with Gasteiger partial charge in [0.15, 0.2) is 10.9 Å². The quantitative estimate of drug-likeness (QED) is 0.646. The number of fused-ring (bicyclic) bond motifs is 1. The van der Waals surface area contributed by atoms with Crippen molar-refractivity contribution in [2.24, 2.45) is 5.92 Å². The van der Waals surface area contributed by atoms with E-state index in [-0.39, 0.29) is 17.7 Å². The maximum atomic E-state index is 13.2. The molecule has 5 rings (SSSR count). The fraction of sp³-hybridized carbons (Fsp3) is 0.409. The molecular weight excluding hydrogens is 400 g/mol. The van der Waals surface area contributed by atoms with Gasteiger partial charge in [-0.25, -0.2) is 4.98 Å². The Kier molecular flexibility index (Phi) is 5.16. The molecule has 4 heterocycles. The van der Waals surface area contributed by atoms with E-state index in [4.69, 9.17) is 9.40 Å². The maximum absolute atomic E-state index is 13.2. The predicted octanol–water partition coefficient (Wildman–Crippen LogP) is 3.09. The lowest BCUT2D eigenvalue weighted by atomic mass is 9.96. The molecule has 7 nitrogen and oxygen atoms in total. The number of thiazole rings is 1. The first-order valence-corrected chi connectivity index (χ1v) is 11.2. The molecule has 0 bridgehead atoms. The van der Waals surface area contributed by atoms with E-state index in [1.54, 1.807) is 28.4 Å². The Morgan fingerprint density at radius 3 is 2.57 bits per heavy atom. The number of carbonyl (C=O) groups excluding carboxylic acids is 2. The number of nitrogens with zero attached hydrogens (tertiary/aromatic N) is 4. The molecule has 0 aliphatic carbocycles. The number of hydrogen-bond acceptors (Lipinski definition) is 6. The second-order valence-corrected chi connectivity index (χ2v) is 8.85. The van der Waals surface area contributed by atoms with Crippen molar-refractivity contribution in [3.05, 3.63) is 48.4 Å². The summed E-state index contributed by atoms with van der Waals surface area (Å²) in [7, 11) is 0. The summed E-state index contributed by atoms with van der Waals surface area (Å²) in [5.41, 5.74) is 1.02. The van der Waals surface area contributed by atoms with Crippen molar-refractivity contribution in [3.8, 4) is 0 Å². The van der Waals surface area contributed by atoms with Crippen LogP contribution in [0.1, 0.15) is 23.4 Å². The summed E-state index contributed by atoms with van der Waals surface area (Å²) in [6, 6.07) is 11.6. The normalized spacial score (nSPS) is 20.0. The molecule has 8 heteroatoms. The van der Waals surface area contributed by atoms with Crippen LogP contribution in [0.2, 0.25) is 0 Å². The summed E-state index contributed by atoms with van der Waals surface area (Å²) >= 11 is 1.69. The molecule has 0 saturated carbocycles. The number of amides is 2. The van der Waals surface area contributed by atoms with Gasteiger partial charge in [0.25, 0.3) is 5.91 Å². The first-order chi connectivity index (χ1) is 14.7. The van der Waals surface area contributed by atoms with E-state index in [1.807, 2.05) is 23.1 Å². The van der Waals surface area contributed by atoms with E-state index in [9.17, 15) is 9.59 Å². The third-order valence-corrected chi connectivity index (χ3v) is 7.03. The van der Waals surface area contributed by atoms with E-state index in [1.165, 1.54) is 11.0 Å². The lowest BCUT2D eigenvalue weighted by molar-refractivity contribution is -0.137. The summed E-state index contributed by atoms with van der Waals surface area (Å²) in [6.45, 7) is 3.88. The molecule has 2 aromatic heterocycles. The van der Waals surface area contributed by atoms with Crippen molar-refractivity contribution in [2.45, 2.75) is 12.8 Å². The van der Waals surface area contributed by atoms with Crippen LogP contribution >= 0.6 is 11.3 Å². The van der Waals surface area contributed by atoms with Crippen LogP contribution in [0, 0.1) is 5.92 Å². The van der Waals surface area contributed by atoms with Gasteiger partial charge >= 0.3 is 0 Å². The first-order valence-electron chi connectivity index (χ1n) is 10.4.